The van der Waals surface area contributed by atoms with E-state index in [9.17, 15) is 13.6 Å². The van der Waals surface area contributed by atoms with Gasteiger partial charge in [0.25, 0.3) is 0 Å². The molecule has 5 nitrogen and oxygen atoms in total. The fourth-order valence-corrected chi connectivity index (χ4v) is 4.48. The summed E-state index contributed by atoms with van der Waals surface area (Å²) < 4.78 is 39.4. The molecule has 0 saturated carbocycles. The number of halogens is 3. The molecule has 0 aliphatic rings. The molecule has 0 radical (unpaired) electrons. The van der Waals surface area contributed by atoms with Crippen LogP contribution in [-0.4, -0.2) is 22.6 Å². The van der Waals surface area contributed by atoms with Crippen molar-refractivity contribution in [1.29, 1.82) is 0 Å². The van der Waals surface area contributed by atoms with Crippen LogP contribution in [0.3, 0.4) is 0 Å². The Kier molecular flexibility index (Phi) is 5.57. The van der Waals surface area contributed by atoms with E-state index in [2.05, 4.69) is 0 Å². The number of fused-ring (bicyclic) bond motifs is 2. The summed E-state index contributed by atoms with van der Waals surface area (Å²) in [6, 6.07) is 11.2. The minimum atomic E-state index is -0.903. The van der Waals surface area contributed by atoms with Gasteiger partial charge in [0.05, 0.1) is 24.8 Å². The summed E-state index contributed by atoms with van der Waals surface area (Å²) in [5.41, 5.74) is 4.72. The Morgan fingerprint density at radius 2 is 1.97 bits per heavy atom. The summed E-state index contributed by atoms with van der Waals surface area (Å²) in [7, 11) is 1.34. The summed E-state index contributed by atoms with van der Waals surface area (Å²) in [4.78, 5) is 17.0. The molecule has 3 heterocycles. The molecular weight excluding hydrogens is 462 g/mol. The summed E-state index contributed by atoms with van der Waals surface area (Å²) in [5, 5.41) is 2.11. The highest BCUT2D eigenvalue weighted by Crippen LogP contribution is 2.40. The number of carbonyl (C=O) groups is 1. The SMILES string of the molecule is COC(=O)Cc1c(C)nc2c(ccn2Cc2ccc(F)c(F)c2)c1-c1cc2ccoc2cc1Cl. The van der Waals surface area contributed by atoms with Gasteiger partial charge in [-0.1, -0.05) is 17.7 Å². The Hall–Kier alpha value is -3.71. The largest absolute Gasteiger partial charge is 0.469 e. The molecule has 5 aromatic rings. The molecule has 5 rings (SSSR count). The molecule has 0 aliphatic heterocycles. The van der Waals surface area contributed by atoms with E-state index in [1.165, 1.54) is 19.2 Å². The maximum atomic E-state index is 13.8. The Morgan fingerprint density at radius 3 is 2.74 bits per heavy atom. The second-order valence-electron chi connectivity index (χ2n) is 8.02. The maximum absolute atomic E-state index is 13.8. The number of hydrogen-bond acceptors (Lipinski definition) is 4. The van der Waals surface area contributed by atoms with E-state index >= 15 is 0 Å². The molecule has 172 valence electrons. The summed E-state index contributed by atoms with van der Waals surface area (Å²) >= 11 is 6.68. The second kappa shape index (κ2) is 8.57. The van der Waals surface area contributed by atoms with Crippen molar-refractivity contribution in [3.05, 3.63) is 88.4 Å². The van der Waals surface area contributed by atoms with Crippen LogP contribution in [0.1, 0.15) is 16.8 Å². The van der Waals surface area contributed by atoms with Gasteiger partial charge in [-0.2, -0.15) is 0 Å². The number of nitrogens with zero attached hydrogens (tertiary/aromatic N) is 2. The smallest absolute Gasteiger partial charge is 0.310 e. The molecule has 0 saturated heterocycles. The Labute approximate surface area is 198 Å². The van der Waals surface area contributed by atoms with E-state index in [-0.39, 0.29) is 13.0 Å². The summed E-state index contributed by atoms with van der Waals surface area (Å²) in [6.07, 6.45) is 3.44. The first-order chi connectivity index (χ1) is 16.4. The first-order valence-electron chi connectivity index (χ1n) is 10.5. The van der Waals surface area contributed by atoms with Gasteiger partial charge in [-0.3, -0.25) is 4.79 Å². The first-order valence-corrected chi connectivity index (χ1v) is 10.9. The Balaban J connectivity index is 1.73. The zero-order chi connectivity index (χ0) is 24.0. The standard InChI is InChI=1S/C26H19ClF2N2O3/c1-14-18(11-24(32)33-2)25(19-10-16-6-8-34-23(16)12-20(19)27)17-5-7-31(26(17)30-14)13-15-3-4-21(28)22(29)9-15/h3-10,12H,11,13H2,1-2H3. The highest BCUT2D eigenvalue weighted by molar-refractivity contribution is 6.34. The van der Waals surface area contributed by atoms with Crippen molar-refractivity contribution < 1.29 is 22.7 Å². The van der Waals surface area contributed by atoms with Gasteiger partial charge in [-0.15, -0.1) is 0 Å². The highest BCUT2D eigenvalue weighted by atomic mass is 35.5. The fraction of sp³-hybridized carbons (Fsp3) is 0.154. The molecule has 0 amide bonds. The lowest BCUT2D eigenvalue weighted by Crippen LogP contribution is -2.10. The molecule has 0 aliphatic carbocycles. The molecule has 2 aromatic carbocycles. The number of benzene rings is 2. The number of hydrogen-bond donors (Lipinski definition) is 0. The predicted molar refractivity (Wildman–Crippen MR) is 126 cm³/mol. The predicted octanol–water partition coefficient (Wildman–Crippen LogP) is 6.45. The third-order valence-corrected chi connectivity index (χ3v) is 6.23. The minimum Gasteiger partial charge on any atom is -0.469 e. The van der Waals surface area contributed by atoms with Crippen LogP contribution in [0.2, 0.25) is 5.02 Å². The molecule has 3 aromatic heterocycles. The molecule has 0 fully saturated rings. The molecule has 8 heteroatoms. The quantitative estimate of drug-likeness (QED) is 0.271. The average Bonchev–Trinajstić information content (AvgIpc) is 3.43. The van der Waals surface area contributed by atoms with Crippen LogP contribution in [0, 0.1) is 18.6 Å². The van der Waals surface area contributed by atoms with Crippen LogP contribution in [-0.2, 0) is 22.5 Å². The number of ether oxygens (including phenoxy) is 1. The van der Waals surface area contributed by atoms with Crippen LogP contribution < -0.4 is 0 Å². The van der Waals surface area contributed by atoms with Crippen molar-refractivity contribution >= 4 is 39.6 Å². The van der Waals surface area contributed by atoms with Gasteiger partial charge in [0, 0.05) is 40.8 Å². The lowest BCUT2D eigenvalue weighted by atomic mass is 9.93. The fourth-order valence-electron chi connectivity index (χ4n) is 4.23. The van der Waals surface area contributed by atoms with Crippen molar-refractivity contribution in [2.75, 3.05) is 7.11 Å². The van der Waals surface area contributed by atoms with Crippen molar-refractivity contribution in [3.63, 3.8) is 0 Å². The van der Waals surface area contributed by atoms with Crippen LogP contribution in [0.25, 0.3) is 33.1 Å². The second-order valence-corrected chi connectivity index (χ2v) is 8.43. The number of aromatic nitrogens is 2. The van der Waals surface area contributed by atoms with Crippen molar-refractivity contribution in [1.82, 2.24) is 9.55 Å². The van der Waals surface area contributed by atoms with Gasteiger partial charge in [-0.05, 0) is 53.9 Å². The lowest BCUT2D eigenvalue weighted by molar-refractivity contribution is -0.139. The number of pyridine rings is 1. The molecule has 0 atom stereocenters. The van der Waals surface area contributed by atoms with E-state index < -0.39 is 17.6 Å². The van der Waals surface area contributed by atoms with Crippen molar-refractivity contribution in [2.45, 2.75) is 19.9 Å². The first kappa shape index (κ1) is 22.1. The number of furan rings is 1. The monoisotopic (exact) mass is 480 g/mol. The van der Waals surface area contributed by atoms with E-state index in [0.717, 1.165) is 28.0 Å². The molecule has 0 N–H and O–H groups in total. The Bertz CT molecular complexity index is 1570. The number of carbonyl (C=O) groups excluding carboxylic acids is 1. The highest BCUT2D eigenvalue weighted by Gasteiger charge is 2.22. The van der Waals surface area contributed by atoms with E-state index in [1.807, 2.05) is 35.9 Å². The van der Waals surface area contributed by atoms with E-state index in [4.69, 9.17) is 25.7 Å². The minimum absolute atomic E-state index is 0.0225. The van der Waals surface area contributed by atoms with E-state index in [1.54, 1.807) is 12.3 Å². The molecule has 34 heavy (non-hydrogen) atoms. The molecule has 0 bridgehead atoms. The van der Waals surface area contributed by atoms with Crippen LogP contribution >= 0.6 is 11.6 Å². The molecular formula is C26H19ClF2N2O3. The molecule has 0 unspecified atom stereocenters. The number of esters is 1. The maximum Gasteiger partial charge on any atom is 0.310 e. The normalized spacial score (nSPS) is 11.4. The number of rotatable bonds is 5. The number of aryl methyl sites for hydroxylation is 1. The van der Waals surface area contributed by atoms with Gasteiger partial charge in [-0.25, -0.2) is 13.8 Å². The average molecular weight is 481 g/mol. The van der Waals surface area contributed by atoms with Gasteiger partial charge in [0.2, 0.25) is 0 Å². The van der Waals surface area contributed by atoms with Gasteiger partial charge >= 0.3 is 5.97 Å². The van der Waals surface area contributed by atoms with E-state index in [0.29, 0.717) is 33.1 Å². The third-order valence-electron chi connectivity index (χ3n) is 5.91. The molecule has 0 spiro atoms. The van der Waals surface area contributed by atoms with Gasteiger partial charge in [0.1, 0.15) is 11.2 Å². The van der Waals surface area contributed by atoms with Gasteiger partial charge < -0.3 is 13.7 Å². The van der Waals surface area contributed by atoms with Crippen molar-refractivity contribution in [3.8, 4) is 11.1 Å². The van der Waals surface area contributed by atoms with Gasteiger partial charge in [0.15, 0.2) is 11.6 Å². The summed E-state index contributed by atoms with van der Waals surface area (Å²) in [5.74, 6) is -2.19. The van der Waals surface area contributed by atoms with Crippen LogP contribution in [0.5, 0.6) is 0 Å². The lowest BCUT2D eigenvalue weighted by Gasteiger charge is -2.16. The number of methoxy groups -OCH3 is 1. The topological polar surface area (TPSA) is 57.3 Å². The van der Waals surface area contributed by atoms with Crippen LogP contribution in [0.4, 0.5) is 8.78 Å². The summed E-state index contributed by atoms with van der Waals surface area (Å²) in [6.45, 7) is 2.11. The zero-order valence-corrected chi connectivity index (χ0v) is 19.1. The Morgan fingerprint density at radius 1 is 1.15 bits per heavy atom. The third kappa shape index (κ3) is 3.82. The van der Waals surface area contributed by atoms with Crippen LogP contribution in [0.15, 0.2) is 59.3 Å². The van der Waals surface area contributed by atoms with Crippen molar-refractivity contribution in [2.24, 2.45) is 0 Å². The zero-order valence-electron chi connectivity index (χ0n) is 18.4.